The van der Waals surface area contributed by atoms with Gasteiger partial charge in [0.25, 0.3) is 0 Å². The third-order valence-electron chi connectivity index (χ3n) is 4.72. The Hall–Kier alpha value is -3.11. The maximum Gasteiger partial charge on any atom is 0.124 e. The molecule has 1 aromatic heterocycles. The molecule has 0 N–H and O–H groups in total. The smallest absolute Gasteiger partial charge is 0.124 e. The summed E-state index contributed by atoms with van der Waals surface area (Å²) in [5.74, 6) is 1.68. The third kappa shape index (κ3) is 3.51. The van der Waals surface area contributed by atoms with Gasteiger partial charge >= 0.3 is 0 Å². The highest BCUT2D eigenvalue weighted by molar-refractivity contribution is 7.19. The molecule has 0 saturated heterocycles. The van der Waals surface area contributed by atoms with Gasteiger partial charge in [-0.05, 0) is 66.6 Å². The van der Waals surface area contributed by atoms with Gasteiger partial charge in [0.1, 0.15) is 16.5 Å². The Morgan fingerprint density at radius 3 is 1.86 bits per heavy atom. The monoisotopic (exact) mass is 387 g/mol. The molecule has 1 heterocycles. The standard InChI is InChI=1S/C24H21NO2S/c1-16-6-4-5-7-21(16)24-25-22(17-8-12-19(26-2)13-9-17)23(28-24)18-10-14-20(27-3)15-11-18/h4-15H,1-3H3. The van der Waals surface area contributed by atoms with Crippen LogP contribution in [0.5, 0.6) is 11.5 Å². The molecule has 0 aliphatic heterocycles. The van der Waals surface area contributed by atoms with E-state index in [1.165, 1.54) is 11.1 Å². The second-order valence-electron chi connectivity index (χ2n) is 6.47. The fourth-order valence-corrected chi connectivity index (χ4v) is 4.31. The van der Waals surface area contributed by atoms with Crippen LogP contribution in [0.1, 0.15) is 5.56 Å². The Balaban J connectivity index is 1.87. The molecule has 28 heavy (non-hydrogen) atoms. The molecule has 0 aliphatic carbocycles. The summed E-state index contributed by atoms with van der Waals surface area (Å²) >= 11 is 1.71. The molecule has 4 rings (SSSR count). The van der Waals surface area contributed by atoms with Crippen molar-refractivity contribution in [3.05, 3.63) is 78.4 Å². The number of ether oxygens (including phenoxy) is 2. The zero-order valence-electron chi connectivity index (χ0n) is 16.1. The van der Waals surface area contributed by atoms with Gasteiger partial charge in [0, 0.05) is 11.1 Å². The first-order valence-electron chi connectivity index (χ1n) is 9.05. The molecule has 0 unspecified atom stereocenters. The first-order valence-corrected chi connectivity index (χ1v) is 9.87. The number of rotatable bonds is 5. The molecule has 0 aliphatic rings. The van der Waals surface area contributed by atoms with E-state index in [0.29, 0.717) is 0 Å². The Morgan fingerprint density at radius 1 is 0.714 bits per heavy atom. The lowest BCUT2D eigenvalue weighted by Crippen LogP contribution is -1.86. The van der Waals surface area contributed by atoms with Crippen molar-refractivity contribution >= 4 is 11.3 Å². The van der Waals surface area contributed by atoms with Gasteiger partial charge in [-0.2, -0.15) is 0 Å². The highest BCUT2D eigenvalue weighted by atomic mass is 32.1. The molecule has 0 fully saturated rings. The number of hydrogen-bond acceptors (Lipinski definition) is 4. The maximum atomic E-state index is 5.31. The number of hydrogen-bond donors (Lipinski definition) is 0. The fraction of sp³-hybridized carbons (Fsp3) is 0.125. The second-order valence-corrected chi connectivity index (χ2v) is 7.47. The van der Waals surface area contributed by atoms with Crippen LogP contribution in [0.4, 0.5) is 0 Å². The van der Waals surface area contributed by atoms with Crippen LogP contribution in [0.2, 0.25) is 0 Å². The van der Waals surface area contributed by atoms with Crippen molar-refractivity contribution in [2.45, 2.75) is 6.92 Å². The van der Waals surface area contributed by atoms with Crippen LogP contribution in [0.25, 0.3) is 32.3 Å². The van der Waals surface area contributed by atoms with E-state index >= 15 is 0 Å². The van der Waals surface area contributed by atoms with Crippen molar-refractivity contribution in [1.82, 2.24) is 4.98 Å². The first kappa shape index (κ1) is 18.3. The van der Waals surface area contributed by atoms with Crippen LogP contribution in [0.3, 0.4) is 0 Å². The molecule has 0 saturated carbocycles. The molecule has 0 bridgehead atoms. The van der Waals surface area contributed by atoms with E-state index in [9.17, 15) is 0 Å². The van der Waals surface area contributed by atoms with E-state index in [1.54, 1.807) is 25.6 Å². The predicted molar refractivity (Wildman–Crippen MR) is 116 cm³/mol. The lowest BCUT2D eigenvalue weighted by atomic mass is 10.1. The van der Waals surface area contributed by atoms with Crippen molar-refractivity contribution in [1.29, 1.82) is 0 Å². The van der Waals surface area contributed by atoms with Gasteiger partial charge in [-0.15, -0.1) is 11.3 Å². The number of aryl methyl sites for hydroxylation is 1. The second kappa shape index (κ2) is 7.87. The number of methoxy groups -OCH3 is 2. The molecule has 3 aromatic carbocycles. The number of nitrogens with zero attached hydrogens (tertiary/aromatic N) is 1. The van der Waals surface area contributed by atoms with Gasteiger partial charge in [-0.25, -0.2) is 4.98 Å². The highest BCUT2D eigenvalue weighted by Crippen LogP contribution is 2.41. The molecular formula is C24H21NO2S. The SMILES string of the molecule is COc1ccc(-c2nc(-c3ccccc3C)sc2-c2ccc(OC)cc2)cc1. The van der Waals surface area contributed by atoms with Crippen molar-refractivity contribution in [2.75, 3.05) is 14.2 Å². The fourth-order valence-electron chi connectivity index (χ4n) is 3.13. The topological polar surface area (TPSA) is 31.4 Å². The lowest BCUT2D eigenvalue weighted by molar-refractivity contribution is 0.414. The van der Waals surface area contributed by atoms with Gasteiger partial charge < -0.3 is 9.47 Å². The summed E-state index contributed by atoms with van der Waals surface area (Å²) in [6.07, 6.45) is 0. The Morgan fingerprint density at radius 2 is 1.29 bits per heavy atom. The number of thiazole rings is 1. The van der Waals surface area contributed by atoms with Crippen LogP contribution in [0.15, 0.2) is 72.8 Å². The summed E-state index contributed by atoms with van der Waals surface area (Å²) in [6.45, 7) is 2.12. The molecule has 0 radical (unpaired) electrons. The zero-order chi connectivity index (χ0) is 19.5. The summed E-state index contributed by atoms with van der Waals surface area (Å²) in [7, 11) is 3.36. The summed E-state index contributed by atoms with van der Waals surface area (Å²) in [6, 6.07) is 24.6. The van der Waals surface area contributed by atoms with Gasteiger partial charge in [-0.3, -0.25) is 0 Å². The third-order valence-corrected chi connectivity index (χ3v) is 5.86. The summed E-state index contributed by atoms with van der Waals surface area (Å²) in [4.78, 5) is 6.18. The molecule has 0 spiro atoms. The van der Waals surface area contributed by atoms with Crippen molar-refractivity contribution in [3.63, 3.8) is 0 Å². The van der Waals surface area contributed by atoms with E-state index in [4.69, 9.17) is 14.5 Å². The normalized spacial score (nSPS) is 10.7. The molecule has 4 heteroatoms. The Labute approximate surface area is 169 Å². The van der Waals surface area contributed by atoms with Crippen molar-refractivity contribution < 1.29 is 9.47 Å². The van der Waals surface area contributed by atoms with Crippen LogP contribution in [-0.2, 0) is 0 Å². The Bertz CT molecular complexity index is 1020. The van der Waals surface area contributed by atoms with Crippen molar-refractivity contribution in [2.24, 2.45) is 0 Å². The van der Waals surface area contributed by atoms with Crippen LogP contribution >= 0.6 is 11.3 Å². The van der Waals surface area contributed by atoms with E-state index < -0.39 is 0 Å². The van der Waals surface area contributed by atoms with Gasteiger partial charge in [0.2, 0.25) is 0 Å². The van der Waals surface area contributed by atoms with E-state index in [1.807, 2.05) is 24.3 Å². The van der Waals surface area contributed by atoms with Crippen LogP contribution in [0, 0.1) is 6.92 Å². The van der Waals surface area contributed by atoms with E-state index in [-0.39, 0.29) is 0 Å². The van der Waals surface area contributed by atoms with Gasteiger partial charge in [-0.1, -0.05) is 24.3 Å². The number of benzene rings is 3. The largest absolute Gasteiger partial charge is 0.497 e. The van der Waals surface area contributed by atoms with Gasteiger partial charge in [0.15, 0.2) is 0 Å². The minimum absolute atomic E-state index is 0.837. The van der Waals surface area contributed by atoms with E-state index in [2.05, 4.69) is 55.5 Å². The quantitative estimate of drug-likeness (QED) is 0.393. The summed E-state index contributed by atoms with van der Waals surface area (Å²) < 4.78 is 10.6. The molecule has 140 valence electrons. The van der Waals surface area contributed by atoms with Crippen LogP contribution in [-0.4, -0.2) is 19.2 Å². The van der Waals surface area contributed by atoms with E-state index in [0.717, 1.165) is 38.2 Å². The molecule has 0 atom stereocenters. The summed E-state index contributed by atoms with van der Waals surface area (Å²) in [5.41, 5.74) is 5.57. The molecular weight excluding hydrogens is 366 g/mol. The lowest BCUT2D eigenvalue weighted by Gasteiger charge is -2.05. The van der Waals surface area contributed by atoms with Crippen LogP contribution < -0.4 is 9.47 Å². The highest BCUT2D eigenvalue weighted by Gasteiger charge is 2.17. The average molecular weight is 388 g/mol. The molecule has 3 nitrogen and oxygen atoms in total. The summed E-state index contributed by atoms with van der Waals surface area (Å²) in [5, 5.41) is 1.02. The first-order chi connectivity index (χ1) is 13.7. The molecule has 4 aromatic rings. The molecule has 0 amide bonds. The minimum atomic E-state index is 0.837. The number of aromatic nitrogens is 1. The minimum Gasteiger partial charge on any atom is -0.497 e. The Kier molecular flexibility index (Phi) is 5.13. The average Bonchev–Trinajstić information content (AvgIpc) is 3.19. The predicted octanol–water partition coefficient (Wildman–Crippen LogP) is 6.47. The zero-order valence-corrected chi connectivity index (χ0v) is 16.9. The maximum absolute atomic E-state index is 5.31. The van der Waals surface area contributed by atoms with Crippen molar-refractivity contribution in [3.8, 4) is 43.8 Å². The van der Waals surface area contributed by atoms with Gasteiger partial charge in [0.05, 0.1) is 24.8 Å².